The fourth-order valence-electron chi connectivity index (χ4n) is 2.84. The maximum absolute atomic E-state index is 12.5. The van der Waals surface area contributed by atoms with E-state index >= 15 is 0 Å². The Labute approximate surface area is 147 Å². The second-order valence-electron chi connectivity index (χ2n) is 6.06. The molecule has 5 nitrogen and oxygen atoms in total. The van der Waals surface area contributed by atoms with Gasteiger partial charge >= 0.3 is 0 Å². The summed E-state index contributed by atoms with van der Waals surface area (Å²) >= 11 is 5.96. The summed E-state index contributed by atoms with van der Waals surface area (Å²) in [7, 11) is 0. The molecule has 1 N–H and O–H groups in total. The molecule has 0 spiro atoms. The van der Waals surface area contributed by atoms with E-state index in [0.29, 0.717) is 22.4 Å². The van der Waals surface area contributed by atoms with E-state index in [1.165, 1.54) is 12.8 Å². The Hall–Kier alpha value is -2.14. The molecular weight excluding hydrogens is 324 g/mol. The quantitative estimate of drug-likeness (QED) is 0.911. The number of rotatable bonds is 3. The van der Waals surface area contributed by atoms with Gasteiger partial charge in [0.25, 0.3) is 5.91 Å². The summed E-state index contributed by atoms with van der Waals surface area (Å²) in [6, 6.07) is 8.79. The lowest BCUT2D eigenvalue weighted by Gasteiger charge is -2.21. The van der Waals surface area contributed by atoms with Crippen molar-refractivity contribution in [1.82, 2.24) is 9.97 Å². The topological polar surface area (TPSA) is 58.1 Å². The summed E-state index contributed by atoms with van der Waals surface area (Å²) in [4.78, 5) is 23.7. The second-order valence-corrected chi connectivity index (χ2v) is 6.50. The smallest absolute Gasteiger partial charge is 0.274 e. The maximum atomic E-state index is 12.5. The molecular formula is C18H21ClN4O. The Kier molecular flexibility index (Phi) is 5.30. The normalized spacial score (nSPS) is 15.0. The van der Waals surface area contributed by atoms with Crippen molar-refractivity contribution in [2.75, 3.05) is 23.3 Å². The van der Waals surface area contributed by atoms with E-state index in [-0.39, 0.29) is 5.91 Å². The number of aryl methyl sites for hydroxylation is 1. The van der Waals surface area contributed by atoms with Crippen LogP contribution >= 0.6 is 11.6 Å². The van der Waals surface area contributed by atoms with Gasteiger partial charge in [0.2, 0.25) is 5.95 Å². The molecule has 1 aliphatic rings. The monoisotopic (exact) mass is 344 g/mol. The van der Waals surface area contributed by atoms with Gasteiger partial charge in [0.1, 0.15) is 5.69 Å². The number of amides is 1. The van der Waals surface area contributed by atoms with Crippen molar-refractivity contribution in [3.05, 3.63) is 46.7 Å². The molecule has 0 unspecified atom stereocenters. The van der Waals surface area contributed by atoms with Gasteiger partial charge in [-0.05, 0) is 44.0 Å². The van der Waals surface area contributed by atoms with Crippen molar-refractivity contribution in [2.24, 2.45) is 0 Å². The summed E-state index contributed by atoms with van der Waals surface area (Å²) < 4.78 is 0. The van der Waals surface area contributed by atoms with E-state index in [1.807, 2.05) is 6.92 Å². The standard InChI is InChI=1S/C18H21ClN4O/c1-13-11-16(17(24)21-15-8-6-7-14(19)12-15)22-18(20-13)23-9-4-2-3-5-10-23/h6-8,11-12H,2-5,9-10H2,1H3,(H,21,24). The van der Waals surface area contributed by atoms with Crippen LogP contribution < -0.4 is 10.2 Å². The number of aromatic nitrogens is 2. The molecule has 126 valence electrons. The van der Waals surface area contributed by atoms with Gasteiger partial charge < -0.3 is 10.2 Å². The van der Waals surface area contributed by atoms with E-state index < -0.39 is 0 Å². The molecule has 1 aromatic carbocycles. The lowest BCUT2D eigenvalue weighted by atomic mass is 10.2. The summed E-state index contributed by atoms with van der Waals surface area (Å²) in [5.74, 6) is 0.395. The van der Waals surface area contributed by atoms with E-state index in [1.54, 1.807) is 30.3 Å². The van der Waals surface area contributed by atoms with Crippen LogP contribution in [0.3, 0.4) is 0 Å². The molecule has 1 aliphatic heterocycles. The van der Waals surface area contributed by atoms with Crippen LogP contribution in [0.5, 0.6) is 0 Å². The Bertz CT molecular complexity index is 727. The molecule has 2 aromatic rings. The highest BCUT2D eigenvalue weighted by Gasteiger charge is 2.16. The van der Waals surface area contributed by atoms with Crippen molar-refractivity contribution < 1.29 is 4.79 Å². The molecule has 0 saturated carbocycles. The van der Waals surface area contributed by atoms with Gasteiger partial charge in [-0.1, -0.05) is 30.5 Å². The summed E-state index contributed by atoms with van der Waals surface area (Å²) in [5.41, 5.74) is 1.82. The summed E-state index contributed by atoms with van der Waals surface area (Å²) in [6.45, 7) is 3.77. The molecule has 0 atom stereocenters. The van der Waals surface area contributed by atoms with Crippen LogP contribution in [0.15, 0.2) is 30.3 Å². The first-order valence-electron chi connectivity index (χ1n) is 8.29. The Balaban J connectivity index is 1.81. The van der Waals surface area contributed by atoms with Crippen LogP contribution in [-0.4, -0.2) is 29.0 Å². The highest BCUT2D eigenvalue weighted by atomic mass is 35.5. The minimum Gasteiger partial charge on any atom is -0.341 e. The lowest BCUT2D eigenvalue weighted by Crippen LogP contribution is -2.27. The first-order valence-corrected chi connectivity index (χ1v) is 8.67. The number of hydrogen-bond donors (Lipinski definition) is 1. The van der Waals surface area contributed by atoms with E-state index in [2.05, 4.69) is 20.2 Å². The number of hydrogen-bond acceptors (Lipinski definition) is 4. The molecule has 2 heterocycles. The lowest BCUT2D eigenvalue weighted by molar-refractivity contribution is 0.102. The first-order chi connectivity index (χ1) is 11.6. The highest BCUT2D eigenvalue weighted by Crippen LogP contribution is 2.18. The number of carbonyl (C=O) groups excluding carboxylic acids is 1. The first kappa shape index (κ1) is 16.7. The predicted molar refractivity (Wildman–Crippen MR) is 96.9 cm³/mol. The van der Waals surface area contributed by atoms with Gasteiger partial charge in [0.15, 0.2) is 0 Å². The number of anilines is 2. The average Bonchev–Trinajstić information content (AvgIpc) is 2.83. The Morgan fingerprint density at radius 3 is 2.58 bits per heavy atom. The van der Waals surface area contributed by atoms with E-state index in [4.69, 9.17) is 11.6 Å². The minimum absolute atomic E-state index is 0.251. The molecule has 1 fully saturated rings. The van der Waals surface area contributed by atoms with E-state index in [9.17, 15) is 4.79 Å². The SMILES string of the molecule is Cc1cc(C(=O)Nc2cccc(Cl)c2)nc(N2CCCCCC2)n1. The molecule has 0 aliphatic carbocycles. The summed E-state index contributed by atoms with van der Waals surface area (Å²) in [6.07, 6.45) is 4.76. The van der Waals surface area contributed by atoms with Crippen molar-refractivity contribution in [2.45, 2.75) is 32.6 Å². The van der Waals surface area contributed by atoms with Crippen molar-refractivity contribution in [3.8, 4) is 0 Å². The Morgan fingerprint density at radius 1 is 1.12 bits per heavy atom. The van der Waals surface area contributed by atoms with E-state index in [0.717, 1.165) is 31.6 Å². The highest BCUT2D eigenvalue weighted by molar-refractivity contribution is 6.30. The Morgan fingerprint density at radius 2 is 1.88 bits per heavy atom. The molecule has 0 radical (unpaired) electrons. The molecule has 0 bridgehead atoms. The van der Waals surface area contributed by atoms with Crippen LogP contribution in [0.1, 0.15) is 41.9 Å². The number of halogens is 1. The fourth-order valence-corrected chi connectivity index (χ4v) is 3.03. The van der Waals surface area contributed by atoms with Crippen LogP contribution in [0.25, 0.3) is 0 Å². The zero-order valence-electron chi connectivity index (χ0n) is 13.8. The minimum atomic E-state index is -0.251. The van der Waals surface area contributed by atoms with Crippen molar-refractivity contribution in [3.63, 3.8) is 0 Å². The van der Waals surface area contributed by atoms with Gasteiger partial charge in [0, 0.05) is 29.5 Å². The third kappa shape index (κ3) is 4.23. The van der Waals surface area contributed by atoms with Crippen LogP contribution in [0, 0.1) is 6.92 Å². The fraction of sp³-hybridized carbons (Fsp3) is 0.389. The van der Waals surface area contributed by atoms with Crippen LogP contribution in [0.2, 0.25) is 5.02 Å². The largest absolute Gasteiger partial charge is 0.341 e. The summed E-state index contributed by atoms with van der Waals surface area (Å²) in [5, 5.41) is 3.42. The molecule has 1 amide bonds. The number of nitrogens with one attached hydrogen (secondary N) is 1. The van der Waals surface area contributed by atoms with Crippen LogP contribution in [0.4, 0.5) is 11.6 Å². The molecule has 6 heteroatoms. The number of benzene rings is 1. The van der Waals surface area contributed by atoms with Gasteiger partial charge in [-0.15, -0.1) is 0 Å². The van der Waals surface area contributed by atoms with Gasteiger partial charge in [-0.3, -0.25) is 4.79 Å². The number of carbonyl (C=O) groups is 1. The molecule has 24 heavy (non-hydrogen) atoms. The van der Waals surface area contributed by atoms with Gasteiger partial charge in [-0.2, -0.15) is 0 Å². The van der Waals surface area contributed by atoms with Gasteiger partial charge in [0.05, 0.1) is 0 Å². The molecule has 3 rings (SSSR count). The zero-order valence-corrected chi connectivity index (χ0v) is 14.5. The third-order valence-corrected chi connectivity index (χ3v) is 4.28. The average molecular weight is 345 g/mol. The van der Waals surface area contributed by atoms with Crippen molar-refractivity contribution in [1.29, 1.82) is 0 Å². The molecule has 1 aromatic heterocycles. The maximum Gasteiger partial charge on any atom is 0.274 e. The van der Waals surface area contributed by atoms with Gasteiger partial charge in [-0.25, -0.2) is 9.97 Å². The van der Waals surface area contributed by atoms with Crippen molar-refractivity contribution >= 4 is 29.1 Å². The predicted octanol–water partition coefficient (Wildman–Crippen LogP) is 4.07. The number of nitrogens with zero attached hydrogens (tertiary/aromatic N) is 3. The van der Waals surface area contributed by atoms with Crippen LogP contribution in [-0.2, 0) is 0 Å². The third-order valence-electron chi connectivity index (χ3n) is 4.05. The second kappa shape index (κ2) is 7.62. The molecule has 1 saturated heterocycles. The zero-order chi connectivity index (χ0) is 16.9.